The van der Waals surface area contributed by atoms with E-state index >= 15 is 0 Å². The van der Waals surface area contributed by atoms with E-state index in [0.29, 0.717) is 6.54 Å². The monoisotopic (exact) mass is 361 g/mol. The van der Waals surface area contributed by atoms with Crippen molar-refractivity contribution in [2.45, 2.75) is 18.7 Å². The van der Waals surface area contributed by atoms with Crippen LogP contribution in [0.5, 0.6) is 11.5 Å². The first kappa shape index (κ1) is 17.6. The van der Waals surface area contributed by atoms with E-state index in [1.54, 1.807) is 0 Å². The van der Waals surface area contributed by atoms with E-state index in [4.69, 9.17) is 9.47 Å². The van der Waals surface area contributed by atoms with E-state index in [-0.39, 0.29) is 12.8 Å². The molecule has 0 amide bonds. The van der Waals surface area contributed by atoms with Crippen molar-refractivity contribution in [3.8, 4) is 11.5 Å². The lowest BCUT2D eigenvalue weighted by molar-refractivity contribution is 0.0579. The van der Waals surface area contributed by atoms with Gasteiger partial charge in [-0.3, -0.25) is 4.90 Å². The summed E-state index contributed by atoms with van der Waals surface area (Å²) in [5, 5.41) is 11.2. The molecule has 2 atom stereocenters. The van der Waals surface area contributed by atoms with Crippen LogP contribution in [0.15, 0.2) is 78.9 Å². The van der Waals surface area contributed by atoms with Gasteiger partial charge in [0.2, 0.25) is 6.79 Å². The Bertz CT molecular complexity index is 883. The van der Waals surface area contributed by atoms with Crippen molar-refractivity contribution < 1.29 is 14.6 Å². The first-order valence-electron chi connectivity index (χ1n) is 9.09. The van der Waals surface area contributed by atoms with Crippen LogP contribution in [0.2, 0.25) is 0 Å². The van der Waals surface area contributed by atoms with Gasteiger partial charge in [0.15, 0.2) is 11.5 Å². The fraction of sp³-hybridized carbons (Fsp3) is 0.217. The molecule has 1 aliphatic rings. The molecule has 0 unspecified atom stereocenters. The number of aliphatic hydroxyl groups is 1. The Morgan fingerprint density at radius 3 is 2.19 bits per heavy atom. The van der Waals surface area contributed by atoms with Crippen LogP contribution in [0.3, 0.4) is 0 Å². The minimum absolute atomic E-state index is 0.168. The number of fused-ring (bicyclic) bond motifs is 1. The summed E-state index contributed by atoms with van der Waals surface area (Å²) in [6.45, 7) is 0.952. The minimum atomic E-state index is -0.632. The van der Waals surface area contributed by atoms with Gasteiger partial charge in [-0.25, -0.2) is 0 Å². The lowest BCUT2D eigenvalue weighted by atomic mass is 9.94. The highest BCUT2D eigenvalue weighted by molar-refractivity contribution is 5.44. The summed E-state index contributed by atoms with van der Waals surface area (Å²) in [6.07, 6.45) is -0.632. The summed E-state index contributed by atoms with van der Waals surface area (Å²) in [5.41, 5.74) is 3.10. The Hall–Kier alpha value is -2.82. The molecule has 1 N–H and O–H groups in total. The zero-order valence-corrected chi connectivity index (χ0v) is 15.3. The van der Waals surface area contributed by atoms with Crippen molar-refractivity contribution >= 4 is 0 Å². The molecular weight excluding hydrogens is 338 g/mol. The molecule has 4 heteroatoms. The number of likely N-dealkylation sites (N-methyl/N-ethyl adjacent to an activating group) is 1. The number of ether oxygens (including phenoxy) is 2. The third-order valence-corrected chi connectivity index (χ3v) is 4.93. The second-order valence-corrected chi connectivity index (χ2v) is 6.81. The van der Waals surface area contributed by atoms with Gasteiger partial charge in [0.25, 0.3) is 0 Å². The normalized spacial score (nSPS) is 14.9. The molecule has 0 aliphatic carbocycles. The van der Waals surface area contributed by atoms with Crippen molar-refractivity contribution in [3.05, 3.63) is 95.6 Å². The highest BCUT2D eigenvalue weighted by atomic mass is 16.7. The molecule has 0 spiro atoms. The van der Waals surface area contributed by atoms with Crippen LogP contribution in [0.25, 0.3) is 0 Å². The Balaban J connectivity index is 1.62. The fourth-order valence-electron chi connectivity index (χ4n) is 3.59. The van der Waals surface area contributed by atoms with Gasteiger partial charge in [-0.1, -0.05) is 66.7 Å². The zero-order valence-electron chi connectivity index (χ0n) is 15.3. The molecular formula is C23H23NO3. The lowest BCUT2D eigenvalue weighted by Gasteiger charge is -2.33. The van der Waals surface area contributed by atoms with Crippen LogP contribution in [0.4, 0.5) is 0 Å². The summed E-state index contributed by atoms with van der Waals surface area (Å²) in [7, 11) is 2.04. The lowest BCUT2D eigenvalue weighted by Crippen LogP contribution is -2.29. The number of nitrogens with zero attached hydrogens (tertiary/aromatic N) is 1. The molecule has 1 aliphatic heterocycles. The Kier molecular flexibility index (Phi) is 5.10. The molecule has 138 valence electrons. The Morgan fingerprint density at radius 1 is 0.852 bits per heavy atom. The van der Waals surface area contributed by atoms with Gasteiger partial charge in [0.05, 0.1) is 12.1 Å². The predicted octanol–water partition coefficient (Wildman–Crippen LogP) is 4.32. The molecule has 0 saturated heterocycles. The zero-order chi connectivity index (χ0) is 18.6. The van der Waals surface area contributed by atoms with Crippen LogP contribution in [-0.2, 0) is 6.54 Å². The van der Waals surface area contributed by atoms with Crippen molar-refractivity contribution in [1.29, 1.82) is 0 Å². The second-order valence-electron chi connectivity index (χ2n) is 6.81. The largest absolute Gasteiger partial charge is 0.454 e. The number of hydrogen-bond donors (Lipinski definition) is 1. The van der Waals surface area contributed by atoms with Crippen LogP contribution in [-0.4, -0.2) is 23.8 Å². The molecule has 0 aromatic heterocycles. The SMILES string of the molecule is CN(Cc1ccc2c(c1)OCO2)[C@@H](c1ccccc1)[C@H](O)c1ccccc1. The smallest absolute Gasteiger partial charge is 0.231 e. The van der Waals surface area contributed by atoms with Crippen molar-refractivity contribution in [2.24, 2.45) is 0 Å². The maximum Gasteiger partial charge on any atom is 0.231 e. The molecule has 0 fully saturated rings. The first-order chi connectivity index (χ1) is 13.2. The molecule has 4 nitrogen and oxygen atoms in total. The first-order valence-corrected chi connectivity index (χ1v) is 9.09. The van der Waals surface area contributed by atoms with E-state index in [2.05, 4.69) is 17.0 Å². The topological polar surface area (TPSA) is 41.9 Å². The minimum Gasteiger partial charge on any atom is -0.454 e. The van der Waals surface area contributed by atoms with E-state index in [1.165, 1.54) is 0 Å². The average Bonchev–Trinajstić information content (AvgIpc) is 3.17. The van der Waals surface area contributed by atoms with Gasteiger partial charge < -0.3 is 14.6 Å². The summed E-state index contributed by atoms with van der Waals surface area (Å²) >= 11 is 0. The average molecular weight is 361 g/mol. The molecule has 3 aromatic rings. The van der Waals surface area contributed by atoms with E-state index in [0.717, 1.165) is 28.2 Å². The summed E-state index contributed by atoms with van der Waals surface area (Å²) < 4.78 is 10.9. The molecule has 27 heavy (non-hydrogen) atoms. The molecule has 1 heterocycles. The summed E-state index contributed by atoms with van der Waals surface area (Å²) in [6, 6.07) is 25.8. The van der Waals surface area contributed by atoms with E-state index in [1.807, 2.05) is 73.8 Å². The highest BCUT2D eigenvalue weighted by Crippen LogP contribution is 2.36. The fourth-order valence-corrected chi connectivity index (χ4v) is 3.59. The van der Waals surface area contributed by atoms with Crippen molar-refractivity contribution in [3.63, 3.8) is 0 Å². The van der Waals surface area contributed by atoms with Gasteiger partial charge in [-0.05, 0) is 35.9 Å². The number of benzene rings is 3. The van der Waals surface area contributed by atoms with Gasteiger partial charge in [0.1, 0.15) is 0 Å². The van der Waals surface area contributed by atoms with Crippen LogP contribution < -0.4 is 9.47 Å². The molecule has 0 bridgehead atoms. The standard InChI is InChI=1S/C23H23NO3/c1-24(15-17-12-13-20-21(14-17)27-16-26-20)22(18-8-4-2-5-9-18)23(25)19-10-6-3-7-11-19/h2-14,22-23,25H,15-16H2,1H3/t22-,23+/m0/s1. The van der Waals surface area contributed by atoms with Gasteiger partial charge in [-0.2, -0.15) is 0 Å². The maximum atomic E-state index is 11.2. The molecule has 0 radical (unpaired) electrons. The highest BCUT2D eigenvalue weighted by Gasteiger charge is 2.27. The number of aliphatic hydroxyl groups excluding tert-OH is 1. The maximum absolute atomic E-state index is 11.2. The molecule has 3 aromatic carbocycles. The van der Waals surface area contributed by atoms with E-state index < -0.39 is 6.10 Å². The van der Waals surface area contributed by atoms with Crippen LogP contribution in [0, 0.1) is 0 Å². The third-order valence-electron chi connectivity index (χ3n) is 4.93. The second kappa shape index (κ2) is 7.82. The Morgan fingerprint density at radius 2 is 1.48 bits per heavy atom. The van der Waals surface area contributed by atoms with E-state index in [9.17, 15) is 5.11 Å². The van der Waals surface area contributed by atoms with Gasteiger partial charge >= 0.3 is 0 Å². The quantitative estimate of drug-likeness (QED) is 0.710. The van der Waals surface area contributed by atoms with Crippen molar-refractivity contribution in [2.75, 3.05) is 13.8 Å². The summed E-state index contributed by atoms with van der Waals surface area (Å²) in [5.74, 6) is 1.56. The molecule has 0 saturated carbocycles. The molecule has 4 rings (SSSR count). The summed E-state index contributed by atoms with van der Waals surface area (Å²) in [4.78, 5) is 2.17. The predicted molar refractivity (Wildman–Crippen MR) is 105 cm³/mol. The van der Waals surface area contributed by atoms with Crippen LogP contribution in [0.1, 0.15) is 28.8 Å². The third kappa shape index (κ3) is 3.82. The number of rotatable bonds is 6. The van der Waals surface area contributed by atoms with Gasteiger partial charge in [-0.15, -0.1) is 0 Å². The number of hydrogen-bond acceptors (Lipinski definition) is 4. The Labute approximate surface area is 159 Å². The van der Waals surface area contributed by atoms with Crippen LogP contribution >= 0.6 is 0 Å². The van der Waals surface area contributed by atoms with Crippen molar-refractivity contribution in [1.82, 2.24) is 4.90 Å². The van der Waals surface area contributed by atoms with Gasteiger partial charge in [0, 0.05) is 6.54 Å².